The maximum absolute atomic E-state index is 13.3. The minimum atomic E-state index is -0.219. The van der Waals surface area contributed by atoms with Crippen LogP contribution in [-0.2, 0) is 0 Å². The zero-order valence-corrected chi connectivity index (χ0v) is 18.5. The van der Waals surface area contributed by atoms with Crippen LogP contribution in [-0.4, -0.2) is 43.3 Å². The molecular weight excluding hydrogens is 435 g/mol. The van der Waals surface area contributed by atoms with Crippen LogP contribution < -0.4 is 14.5 Å². The fraction of sp³-hybridized carbons (Fsp3) is 0.217. The molecule has 2 aromatic carbocycles. The van der Waals surface area contributed by atoms with E-state index in [1.165, 1.54) is 12.1 Å². The molecule has 0 bridgehead atoms. The van der Waals surface area contributed by atoms with Crippen LogP contribution in [0, 0.1) is 5.82 Å². The van der Waals surface area contributed by atoms with E-state index in [0.717, 1.165) is 64.8 Å². The van der Waals surface area contributed by atoms with Crippen molar-refractivity contribution in [1.82, 2.24) is 9.97 Å². The minimum Gasteiger partial charge on any atom is -0.497 e. The van der Waals surface area contributed by atoms with Crippen LogP contribution in [0.3, 0.4) is 0 Å². The summed E-state index contributed by atoms with van der Waals surface area (Å²) in [6.07, 6.45) is 0. The summed E-state index contributed by atoms with van der Waals surface area (Å²) in [4.78, 5) is 14.5. The van der Waals surface area contributed by atoms with Crippen LogP contribution in [0.5, 0.6) is 5.75 Å². The molecule has 0 radical (unpaired) electrons. The Morgan fingerprint density at radius 3 is 2.29 bits per heavy atom. The van der Waals surface area contributed by atoms with Crippen LogP contribution in [0.1, 0.15) is 0 Å². The quantitative estimate of drug-likeness (QED) is 0.381. The minimum absolute atomic E-state index is 0.219. The standard InChI is InChI=1S/C23H20ClFN4OS/c1-30-18-8-2-15(3-9-18)19-14-31-22-20(19)21(26-23(24)27-22)29-12-10-28(11-13-29)17-6-4-16(25)5-7-17/h2-9,14H,10-13H2,1H3. The zero-order valence-electron chi connectivity index (χ0n) is 16.9. The van der Waals surface area contributed by atoms with E-state index in [1.807, 2.05) is 36.4 Å². The lowest BCUT2D eigenvalue weighted by molar-refractivity contribution is 0.415. The molecule has 0 atom stereocenters. The van der Waals surface area contributed by atoms with E-state index in [-0.39, 0.29) is 11.1 Å². The van der Waals surface area contributed by atoms with Gasteiger partial charge < -0.3 is 14.5 Å². The Bertz CT molecular complexity index is 1200. The molecule has 0 spiro atoms. The summed E-state index contributed by atoms with van der Waals surface area (Å²) < 4.78 is 18.5. The maximum Gasteiger partial charge on any atom is 0.225 e. The summed E-state index contributed by atoms with van der Waals surface area (Å²) in [6.45, 7) is 3.21. The smallest absolute Gasteiger partial charge is 0.225 e. The number of piperazine rings is 1. The van der Waals surface area contributed by atoms with Gasteiger partial charge in [-0.05, 0) is 53.6 Å². The number of hydrogen-bond acceptors (Lipinski definition) is 6. The van der Waals surface area contributed by atoms with E-state index >= 15 is 0 Å². The molecule has 8 heteroatoms. The van der Waals surface area contributed by atoms with E-state index in [2.05, 4.69) is 25.1 Å². The average Bonchev–Trinajstić information content (AvgIpc) is 3.23. The lowest BCUT2D eigenvalue weighted by Crippen LogP contribution is -2.47. The molecule has 1 fully saturated rings. The van der Waals surface area contributed by atoms with Crippen molar-refractivity contribution in [1.29, 1.82) is 0 Å². The molecule has 0 amide bonds. The van der Waals surface area contributed by atoms with Gasteiger partial charge in [-0.25, -0.2) is 9.37 Å². The first-order valence-electron chi connectivity index (χ1n) is 9.97. The first-order valence-corrected chi connectivity index (χ1v) is 11.2. The maximum atomic E-state index is 13.3. The number of hydrogen-bond donors (Lipinski definition) is 0. The Balaban J connectivity index is 1.47. The highest BCUT2D eigenvalue weighted by Crippen LogP contribution is 2.39. The molecule has 2 aromatic heterocycles. The highest BCUT2D eigenvalue weighted by Gasteiger charge is 2.23. The summed E-state index contributed by atoms with van der Waals surface area (Å²) in [5.74, 6) is 1.46. The number of aromatic nitrogens is 2. The Kier molecular flexibility index (Phi) is 5.38. The molecule has 4 aromatic rings. The van der Waals surface area contributed by atoms with Gasteiger partial charge >= 0.3 is 0 Å². The van der Waals surface area contributed by atoms with E-state index in [0.29, 0.717) is 0 Å². The van der Waals surface area contributed by atoms with Crippen molar-refractivity contribution in [2.75, 3.05) is 43.1 Å². The van der Waals surface area contributed by atoms with Gasteiger partial charge in [-0.15, -0.1) is 11.3 Å². The fourth-order valence-corrected chi connectivity index (χ4v) is 5.09. The molecule has 5 rings (SSSR count). The van der Waals surface area contributed by atoms with E-state index in [9.17, 15) is 4.39 Å². The second kappa shape index (κ2) is 8.32. The molecule has 0 unspecified atom stereocenters. The summed E-state index contributed by atoms with van der Waals surface area (Å²) >= 11 is 7.84. The Morgan fingerprint density at radius 2 is 1.61 bits per heavy atom. The molecule has 5 nitrogen and oxygen atoms in total. The second-order valence-electron chi connectivity index (χ2n) is 7.32. The summed E-state index contributed by atoms with van der Waals surface area (Å²) in [6, 6.07) is 14.7. The Labute approximate surface area is 188 Å². The lowest BCUT2D eigenvalue weighted by atomic mass is 10.1. The number of nitrogens with zero attached hydrogens (tertiary/aromatic N) is 4. The third kappa shape index (κ3) is 3.91. The number of thiophene rings is 1. The van der Waals surface area contributed by atoms with E-state index in [1.54, 1.807) is 18.4 Å². The molecular formula is C23H20ClFN4OS. The number of anilines is 2. The van der Waals surface area contributed by atoms with Crippen molar-refractivity contribution in [2.24, 2.45) is 0 Å². The molecule has 0 saturated carbocycles. The van der Waals surface area contributed by atoms with Crippen molar-refractivity contribution in [3.63, 3.8) is 0 Å². The van der Waals surface area contributed by atoms with Gasteiger partial charge in [0.25, 0.3) is 0 Å². The molecule has 1 aliphatic heterocycles. The predicted octanol–water partition coefficient (Wildman–Crippen LogP) is 5.49. The van der Waals surface area contributed by atoms with Gasteiger partial charge in [-0.1, -0.05) is 12.1 Å². The Morgan fingerprint density at radius 1 is 0.935 bits per heavy atom. The normalized spacial score (nSPS) is 14.3. The zero-order chi connectivity index (χ0) is 21.4. The molecule has 0 aliphatic carbocycles. The first kappa shape index (κ1) is 20.0. The van der Waals surface area contributed by atoms with Gasteiger partial charge in [0.1, 0.15) is 22.2 Å². The van der Waals surface area contributed by atoms with Crippen LogP contribution >= 0.6 is 22.9 Å². The molecule has 0 N–H and O–H groups in total. The van der Waals surface area contributed by atoms with Crippen molar-refractivity contribution in [3.05, 3.63) is 65.0 Å². The van der Waals surface area contributed by atoms with Crippen molar-refractivity contribution in [2.45, 2.75) is 0 Å². The lowest BCUT2D eigenvalue weighted by Gasteiger charge is -2.37. The molecule has 1 aliphatic rings. The third-order valence-electron chi connectivity index (χ3n) is 5.56. The summed E-state index contributed by atoms with van der Waals surface area (Å²) in [5.41, 5.74) is 3.21. The topological polar surface area (TPSA) is 41.5 Å². The molecule has 3 heterocycles. The number of rotatable bonds is 4. The van der Waals surface area contributed by atoms with E-state index < -0.39 is 0 Å². The van der Waals surface area contributed by atoms with Crippen LogP contribution in [0.4, 0.5) is 15.9 Å². The van der Waals surface area contributed by atoms with Crippen LogP contribution in [0.2, 0.25) is 5.28 Å². The summed E-state index contributed by atoms with van der Waals surface area (Å²) in [7, 11) is 1.66. The number of fused-ring (bicyclic) bond motifs is 1. The van der Waals surface area contributed by atoms with Crippen LogP contribution in [0.25, 0.3) is 21.3 Å². The van der Waals surface area contributed by atoms with E-state index in [4.69, 9.17) is 16.3 Å². The molecule has 1 saturated heterocycles. The largest absolute Gasteiger partial charge is 0.497 e. The van der Waals surface area contributed by atoms with Gasteiger partial charge in [0.05, 0.1) is 12.5 Å². The summed E-state index contributed by atoms with van der Waals surface area (Å²) in [5, 5.41) is 3.39. The predicted molar refractivity (Wildman–Crippen MR) is 125 cm³/mol. The second-order valence-corrected chi connectivity index (χ2v) is 8.52. The SMILES string of the molecule is COc1ccc(-c2csc3nc(Cl)nc(N4CCN(c5ccc(F)cc5)CC4)c23)cc1. The van der Waals surface area contributed by atoms with Gasteiger partial charge in [-0.3, -0.25) is 0 Å². The highest BCUT2D eigenvalue weighted by molar-refractivity contribution is 7.17. The van der Waals surface area contributed by atoms with Gasteiger partial charge in [0.15, 0.2) is 0 Å². The molecule has 158 valence electrons. The number of benzene rings is 2. The number of ether oxygens (including phenoxy) is 1. The fourth-order valence-electron chi connectivity index (χ4n) is 3.94. The highest BCUT2D eigenvalue weighted by atomic mass is 35.5. The first-order chi connectivity index (χ1) is 15.1. The Hall–Kier alpha value is -2.90. The third-order valence-corrected chi connectivity index (χ3v) is 6.60. The molecule has 31 heavy (non-hydrogen) atoms. The van der Waals surface area contributed by atoms with Crippen molar-refractivity contribution in [3.8, 4) is 16.9 Å². The number of halogens is 2. The van der Waals surface area contributed by atoms with Crippen molar-refractivity contribution >= 4 is 44.7 Å². The van der Waals surface area contributed by atoms with Gasteiger partial charge in [0.2, 0.25) is 5.28 Å². The van der Waals surface area contributed by atoms with Gasteiger partial charge in [0, 0.05) is 42.8 Å². The average molecular weight is 455 g/mol. The monoisotopic (exact) mass is 454 g/mol. The van der Waals surface area contributed by atoms with Gasteiger partial charge in [-0.2, -0.15) is 4.98 Å². The van der Waals surface area contributed by atoms with Crippen molar-refractivity contribution < 1.29 is 9.13 Å². The number of methoxy groups -OCH3 is 1. The van der Waals surface area contributed by atoms with Crippen LogP contribution in [0.15, 0.2) is 53.9 Å².